The maximum absolute atomic E-state index is 5.83. The first-order chi connectivity index (χ1) is 7.22. The average molecular weight is 227 g/mol. The number of nitrogen functional groups attached to an aromatic ring is 1. The van der Waals surface area contributed by atoms with Gasteiger partial charge in [-0.05, 0) is 0 Å². The number of anilines is 1. The second-order valence-electron chi connectivity index (χ2n) is 2.63. The zero-order valence-corrected chi connectivity index (χ0v) is 8.27. The van der Waals surface area contributed by atoms with E-state index in [0.29, 0.717) is 11.5 Å². The maximum atomic E-state index is 5.83. The molecule has 0 aromatic carbocycles. The number of hydrogen-bond acceptors (Lipinski definition) is 7. The molecule has 0 radical (unpaired) electrons. The molecule has 0 amide bonds. The van der Waals surface area contributed by atoms with E-state index in [1.807, 2.05) is 0 Å². The van der Waals surface area contributed by atoms with Crippen LogP contribution in [0.5, 0.6) is 0 Å². The van der Waals surface area contributed by atoms with Crippen LogP contribution in [0.15, 0.2) is 10.7 Å². The van der Waals surface area contributed by atoms with E-state index >= 15 is 0 Å². The Hall–Kier alpha value is -1.73. The third kappa shape index (κ3) is 1.74. The lowest BCUT2D eigenvalue weighted by Gasteiger charge is -1.99. The quantitative estimate of drug-likeness (QED) is 0.704. The Balaban J connectivity index is 2.53. The Bertz CT molecular complexity index is 464. The van der Waals surface area contributed by atoms with E-state index in [1.165, 1.54) is 6.33 Å². The van der Waals surface area contributed by atoms with E-state index in [4.69, 9.17) is 27.5 Å². The highest BCUT2D eigenvalue weighted by Gasteiger charge is 2.16. The van der Waals surface area contributed by atoms with Crippen LogP contribution in [-0.4, -0.2) is 20.2 Å². The minimum absolute atomic E-state index is 0.151. The van der Waals surface area contributed by atoms with Gasteiger partial charge in [0.2, 0.25) is 5.89 Å². The second-order valence-corrected chi connectivity index (χ2v) is 2.99. The van der Waals surface area contributed by atoms with Crippen molar-refractivity contribution in [2.75, 3.05) is 5.73 Å². The van der Waals surface area contributed by atoms with Crippen molar-refractivity contribution >= 4 is 17.4 Å². The van der Waals surface area contributed by atoms with Gasteiger partial charge in [0.25, 0.3) is 5.89 Å². The largest absolute Gasteiger partial charge is 0.419 e. The van der Waals surface area contributed by atoms with Gasteiger partial charge in [-0.15, -0.1) is 10.2 Å². The fourth-order valence-electron chi connectivity index (χ4n) is 1.01. The van der Waals surface area contributed by atoms with Crippen molar-refractivity contribution in [3.05, 3.63) is 17.4 Å². The van der Waals surface area contributed by atoms with Crippen LogP contribution in [-0.2, 0) is 6.54 Å². The molecular weight excluding hydrogens is 220 g/mol. The molecule has 78 valence electrons. The summed E-state index contributed by atoms with van der Waals surface area (Å²) in [6, 6.07) is 0. The summed E-state index contributed by atoms with van der Waals surface area (Å²) in [5.74, 6) is 0.644. The topological polar surface area (TPSA) is 117 Å². The van der Waals surface area contributed by atoms with E-state index in [1.54, 1.807) is 0 Å². The molecule has 0 saturated heterocycles. The minimum Gasteiger partial charge on any atom is -0.419 e. The van der Waals surface area contributed by atoms with Crippen LogP contribution in [0.1, 0.15) is 5.89 Å². The van der Waals surface area contributed by atoms with Crippen molar-refractivity contribution in [3.8, 4) is 11.5 Å². The Morgan fingerprint density at radius 1 is 1.33 bits per heavy atom. The van der Waals surface area contributed by atoms with Gasteiger partial charge in [-0.1, -0.05) is 11.6 Å². The van der Waals surface area contributed by atoms with Gasteiger partial charge in [0.05, 0.1) is 6.54 Å². The molecule has 2 rings (SSSR count). The first-order valence-electron chi connectivity index (χ1n) is 4.01. The zero-order chi connectivity index (χ0) is 10.8. The van der Waals surface area contributed by atoms with Gasteiger partial charge in [0.1, 0.15) is 22.9 Å². The molecule has 4 N–H and O–H groups in total. The fraction of sp³-hybridized carbons (Fsp3) is 0.143. The Morgan fingerprint density at radius 3 is 2.73 bits per heavy atom. The summed E-state index contributed by atoms with van der Waals surface area (Å²) in [6.07, 6.45) is 1.25. The summed E-state index contributed by atoms with van der Waals surface area (Å²) in [6.45, 7) is 0.151. The molecule has 0 saturated carbocycles. The summed E-state index contributed by atoms with van der Waals surface area (Å²) < 4.78 is 5.19. The van der Waals surface area contributed by atoms with Gasteiger partial charge in [0.15, 0.2) is 0 Å². The number of rotatable bonds is 2. The maximum Gasteiger partial charge on any atom is 0.254 e. The molecule has 0 atom stereocenters. The van der Waals surface area contributed by atoms with Crippen molar-refractivity contribution in [2.24, 2.45) is 5.73 Å². The fourth-order valence-corrected chi connectivity index (χ4v) is 1.23. The van der Waals surface area contributed by atoms with Crippen LogP contribution in [0.4, 0.5) is 5.82 Å². The van der Waals surface area contributed by atoms with E-state index < -0.39 is 0 Å². The molecule has 0 unspecified atom stereocenters. The molecular formula is C7H7ClN6O. The average Bonchev–Trinajstić information content (AvgIpc) is 2.66. The van der Waals surface area contributed by atoms with Crippen molar-refractivity contribution in [3.63, 3.8) is 0 Å². The highest BCUT2D eigenvalue weighted by atomic mass is 35.5. The summed E-state index contributed by atoms with van der Waals surface area (Å²) in [5, 5.41) is 7.58. The standard InChI is InChI=1S/C7H7ClN6O/c8-5-4(6(10)12-2-11-5)7-14-13-3(1-9)15-7/h2H,1,9H2,(H2,10,11,12). The Kier molecular flexibility index (Phi) is 2.48. The minimum atomic E-state index is 0.151. The summed E-state index contributed by atoms with van der Waals surface area (Å²) in [5.41, 5.74) is 11.3. The number of aromatic nitrogens is 4. The highest BCUT2D eigenvalue weighted by Crippen LogP contribution is 2.28. The third-order valence-electron chi connectivity index (χ3n) is 1.69. The van der Waals surface area contributed by atoms with E-state index in [2.05, 4.69) is 20.2 Å². The molecule has 0 aliphatic rings. The predicted octanol–water partition coefficient (Wildman–Crippen LogP) is 0.221. The van der Waals surface area contributed by atoms with Gasteiger partial charge >= 0.3 is 0 Å². The molecule has 2 aromatic rings. The van der Waals surface area contributed by atoms with Gasteiger partial charge in [0, 0.05) is 0 Å². The Labute approximate surface area is 89.5 Å². The molecule has 0 bridgehead atoms. The molecule has 8 heteroatoms. The molecule has 0 aliphatic heterocycles. The van der Waals surface area contributed by atoms with Crippen molar-refractivity contribution in [1.29, 1.82) is 0 Å². The zero-order valence-electron chi connectivity index (χ0n) is 7.51. The van der Waals surface area contributed by atoms with Gasteiger partial charge in [-0.25, -0.2) is 9.97 Å². The smallest absolute Gasteiger partial charge is 0.254 e. The lowest BCUT2D eigenvalue weighted by Crippen LogP contribution is -1.96. The van der Waals surface area contributed by atoms with Crippen LogP contribution in [0.2, 0.25) is 5.15 Å². The van der Waals surface area contributed by atoms with E-state index in [0.717, 1.165) is 0 Å². The Morgan fingerprint density at radius 2 is 2.13 bits per heavy atom. The number of nitrogens with zero attached hydrogens (tertiary/aromatic N) is 4. The first-order valence-corrected chi connectivity index (χ1v) is 4.39. The second kappa shape index (κ2) is 3.79. The molecule has 15 heavy (non-hydrogen) atoms. The SMILES string of the molecule is NCc1nnc(-c2c(N)ncnc2Cl)o1. The van der Waals surface area contributed by atoms with Crippen LogP contribution in [0.25, 0.3) is 11.5 Å². The lowest BCUT2D eigenvalue weighted by molar-refractivity contribution is 0.508. The summed E-state index contributed by atoms with van der Waals surface area (Å²) >= 11 is 5.83. The van der Waals surface area contributed by atoms with Gasteiger partial charge in [-0.3, -0.25) is 0 Å². The van der Waals surface area contributed by atoms with Crippen molar-refractivity contribution < 1.29 is 4.42 Å². The highest BCUT2D eigenvalue weighted by molar-refractivity contribution is 6.32. The van der Waals surface area contributed by atoms with Crippen molar-refractivity contribution in [1.82, 2.24) is 20.2 Å². The van der Waals surface area contributed by atoms with Crippen LogP contribution in [0.3, 0.4) is 0 Å². The van der Waals surface area contributed by atoms with Crippen LogP contribution in [0, 0.1) is 0 Å². The van der Waals surface area contributed by atoms with E-state index in [9.17, 15) is 0 Å². The molecule has 0 spiro atoms. The molecule has 2 aromatic heterocycles. The third-order valence-corrected chi connectivity index (χ3v) is 1.97. The number of hydrogen-bond donors (Lipinski definition) is 2. The monoisotopic (exact) mass is 226 g/mol. The van der Waals surface area contributed by atoms with Crippen molar-refractivity contribution in [2.45, 2.75) is 6.54 Å². The normalized spacial score (nSPS) is 10.5. The summed E-state index contributed by atoms with van der Waals surface area (Å²) in [4.78, 5) is 7.54. The molecule has 2 heterocycles. The van der Waals surface area contributed by atoms with E-state index in [-0.39, 0.29) is 23.4 Å². The first kappa shape index (κ1) is 9.81. The molecule has 0 fully saturated rings. The van der Waals surface area contributed by atoms with Crippen LogP contribution >= 0.6 is 11.6 Å². The number of nitrogens with two attached hydrogens (primary N) is 2. The van der Waals surface area contributed by atoms with Gasteiger partial charge < -0.3 is 15.9 Å². The van der Waals surface area contributed by atoms with Gasteiger partial charge in [-0.2, -0.15) is 0 Å². The predicted molar refractivity (Wildman–Crippen MR) is 52.6 cm³/mol. The summed E-state index contributed by atoms with van der Waals surface area (Å²) in [7, 11) is 0. The molecule has 7 nitrogen and oxygen atoms in total. The molecule has 0 aliphatic carbocycles. The number of halogens is 1. The lowest BCUT2D eigenvalue weighted by atomic mass is 10.3. The van der Waals surface area contributed by atoms with Crippen LogP contribution < -0.4 is 11.5 Å².